The third kappa shape index (κ3) is 9.60. The molecule has 0 aromatic heterocycles. The van der Waals surface area contributed by atoms with Gasteiger partial charge in [-0.15, -0.1) is 0 Å². The van der Waals surface area contributed by atoms with Crippen LogP contribution in [0.2, 0.25) is 0 Å². The molecule has 1 saturated heterocycles. The lowest BCUT2D eigenvalue weighted by atomic mass is 9.96. The number of carboxylic acid groups (broad SMARTS) is 1. The Morgan fingerprint density at radius 1 is 1.24 bits per heavy atom. The molecular formula is C19H34N4O6. The zero-order valence-corrected chi connectivity index (χ0v) is 17.5. The number of nitrogens with one attached hydrogen (secondary N) is 2. The van der Waals surface area contributed by atoms with E-state index in [1.807, 2.05) is 0 Å². The van der Waals surface area contributed by atoms with Crippen LogP contribution in [0.15, 0.2) is 0 Å². The van der Waals surface area contributed by atoms with Gasteiger partial charge in [-0.1, -0.05) is 0 Å². The van der Waals surface area contributed by atoms with E-state index in [0.29, 0.717) is 38.8 Å². The number of hydrogen-bond donors (Lipinski definition) is 4. The number of ether oxygens (including phenoxy) is 1. The van der Waals surface area contributed by atoms with Crippen LogP contribution in [0.3, 0.4) is 0 Å². The van der Waals surface area contributed by atoms with Crippen molar-refractivity contribution in [3.8, 4) is 0 Å². The first-order valence-electron chi connectivity index (χ1n) is 10.0. The molecule has 10 heteroatoms. The Balaban J connectivity index is 2.75. The lowest BCUT2D eigenvalue weighted by molar-refractivity contribution is -0.141. The summed E-state index contributed by atoms with van der Waals surface area (Å²) in [6.45, 7) is 5.92. The summed E-state index contributed by atoms with van der Waals surface area (Å²) in [6.07, 6.45) is 2.34. The standard InChI is InChI=1S/C19H34N4O6/c1-19(2,3)29-18(28)22-14(8-4-5-9-20)17(27)23-10-6-7-13(12-23)16(26)21-11-15(24)25/h13-14H,4-12,20H2,1-3H3,(H,21,26)(H,22,28)(H,24,25)/t13?,14-/m0/s1. The van der Waals surface area contributed by atoms with Gasteiger partial charge < -0.3 is 31.1 Å². The summed E-state index contributed by atoms with van der Waals surface area (Å²) in [5.41, 5.74) is 4.84. The average Bonchev–Trinajstić information content (AvgIpc) is 2.63. The Kier molecular flexibility index (Phi) is 9.87. The van der Waals surface area contributed by atoms with Crippen molar-refractivity contribution in [2.45, 2.75) is 64.5 Å². The molecule has 0 radical (unpaired) electrons. The molecule has 1 unspecified atom stereocenters. The van der Waals surface area contributed by atoms with Gasteiger partial charge in [0.2, 0.25) is 11.8 Å². The van der Waals surface area contributed by atoms with E-state index in [4.69, 9.17) is 15.6 Å². The van der Waals surface area contributed by atoms with Crippen LogP contribution in [-0.4, -0.2) is 71.7 Å². The third-order valence-electron chi connectivity index (χ3n) is 4.45. The first-order chi connectivity index (χ1) is 13.5. The fourth-order valence-corrected chi connectivity index (χ4v) is 3.12. The van der Waals surface area contributed by atoms with Gasteiger partial charge in [0.25, 0.3) is 0 Å². The van der Waals surface area contributed by atoms with Crippen molar-refractivity contribution < 1.29 is 29.0 Å². The van der Waals surface area contributed by atoms with Gasteiger partial charge in [-0.05, 0) is 59.4 Å². The number of hydrogen-bond acceptors (Lipinski definition) is 6. The fourth-order valence-electron chi connectivity index (χ4n) is 3.12. The van der Waals surface area contributed by atoms with Gasteiger partial charge in [-0.2, -0.15) is 0 Å². The van der Waals surface area contributed by atoms with Crippen molar-refractivity contribution in [2.75, 3.05) is 26.2 Å². The Morgan fingerprint density at radius 3 is 2.52 bits per heavy atom. The van der Waals surface area contributed by atoms with Crippen LogP contribution in [0.25, 0.3) is 0 Å². The van der Waals surface area contributed by atoms with Crippen LogP contribution in [0.4, 0.5) is 4.79 Å². The van der Waals surface area contributed by atoms with Crippen molar-refractivity contribution in [3.63, 3.8) is 0 Å². The molecule has 166 valence electrons. The SMILES string of the molecule is CC(C)(C)OC(=O)N[C@@H](CCCCN)C(=O)N1CCCC(C(=O)NCC(=O)O)C1. The topological polar surface area (TPSA) is 151 Å². The highest BCUT2D eigenvalue weighted by Gasteiger charge is 2.33. The molecule has 0 spiro atoms. The number of carboxylic acids is 1. The number of alkyl carbamates (subject to hydrolysis) is 1. The van der Waals surface area contributed by atoms with Crippen molar-refractivity contribution in [2.24, 2.45) is 11.7 Å². The molecule has 1 aliphatic rings. The minimum absolute atomic E-state index is 0.188. The van der Waals surface area contributed by atoms with Gasteiger partial charge in [0.05, 0.1) is 5.92 Å². The molecular weight excluding hydrogens is 380 g/mol. The van der Waals surface area contributed by atoms with Crippen LogP contribution in [0, 0.1) is 5.92 Å². The van der Waals surface area contributed by atoms with Crippen LogP contribution >= 0.6 is 0 Å². The number of unbranched alkanes of at least 4 members (excludes halogenated alkanes) is 1. The number of aliphatic carboxylic acids is 1. The van der Waals surface area contributed by atoms with Gasteiger partial charge >= 0.3 is 12.1 Å². The Morgan fingerprint density at radius 2 is 1.93 bits per heavy atom. The maximum Gasteiger partial charge on any atom is 0.408 e. The maximum absolute atomic E-state index is 13.0. The monoisotopic (exact) mass is 414 g/mol. The number of likely N-dealkylation sites (tertiary alicyclic amines) is 1. The van der Waals surface area contributed by atoms with Gasteiger partial charge in [-0.25, -0.2) is 4.79 Å². The smallest absolute Gasteiger partial charge is 0.408 e. The van der Waals surface area contributed by atoms with E-state index in [0.717, 1.165) is 6.42 Å². The van der Waals surface area contributed by atoms with E-state index < -0.39 is 36.2 Å². The van der Waals surface area contributed by atoms with Crippen molar-refractivity contribution in [3.05, 3.63) is 0 Å². The lowest BCUT2D eigenvalue weighted by Crippen LogP contribution is -2.53. The van der Waals surface area contributed by atoms with E-state index in [-0.39, 0.29) is 18.4 Å². The molecule has 1 aliphatic heterocycles. The molecule has 0 bridgehead atoms. The van der Waals surface area contributed by atoms with Gasteiger partial charge in [0, 0.05) is 13.1 Å². The van der Waals surface area contributed by atoms with Crippen molar-refractivity contribution in [1.82, 2.24) is 15.5 Å². The highest BCUT2D eigenvalue weighted by atomic mass is 16.6. The lowest BCUT2D eigenvalue weighted by Gasteiger charge is -2.34. The largest absolute Gasteiger partial charge is 0.480 e. The predicted octanol–water partition coefficient (Wildman–Crippen LogP) is 0.448. The van der Waals surface area contributed by atoms with E-state index in [1.165, 1.54) is 0 Å². The van der Waals surface area contributed by atoms with E-state index in [9.17, 15) is 19.2 Å². The van der Waals surface area contributed by atoms with E-state index in [1.54, 1.807) is 25.7 Å². The summed E-state index contributed by atoms with van der Waals surface area (Å²) >= 11 is 0. The molecule has 0 aliphatic carbocycles. The summed E-state index contributed by atoms with van der Waals surface area (Å²) in [7, 11) is 0. The van der Waals surface area contributed by atoms with Gasteiger partial charge in [-0.3, -0.25) is 14.4 Å². The molecule has 5 N–H and O–H groups in total. The zero-order chi connectivity index (χ0) is 22.0. The number of amides is 3. The van der Waals surface area contributed by atoms with Crippen LogP contribution < -0.4 is 16.4 Å². The molecule has 1 rings (SSSR count). The predicted molar refractivity (Wildman–Crippen MR) is 106 cm³/mol. The zero-order valence-electron chi connectivity index (χ0n) is 17.5. The Hall–Kier alpha value is -2.36. The molecule has 10 nitrogen and oxygen atoms in total. The number of piperidine rings is 1. The highest BCUT2D eigenvalue weighted by Crippen LogP contribution is 2.19. The number of carbonyl (C=O) groups is 4. The second kappa shape index (κ2) is 11.6. The summed E-state index contributed by atoms with van der Waals surface area (Å²) in [4.78, 5) is 49.5. The Labute approximate surface area is 171 Å². The highest BCUT2D eigenvalue weighted by molar-refractivity contribution is 5.87. The quantitative estimate of drug-likeness (QED) is 0.400. The number of rotatable bonds is 9. The molecule has 1 heterocycles. The minimum atomic E-state index is -1.12. The maximum atomic E-state index is 13.0. The molecule has 29 heavy (non-hydrogen) atoms. The van der Waals surface area contributed by atoms with Crippen LogP contribution in [0.5, 0.6) is 0 Å². The van der Waals surface area contributed by atoms with Crippen molar-refractivity contribution in [1.29, 1.82) is 0 Å². The van der Waals surface area contributed by atoms with Crippen molar-refractivity contribution >= 4 is 23.9 Å². The third-order valence-corrected chi connectivity index (χ3v) is 4.45. The van der Waals surface area contributed by atoms with Gasteiger partial charge in [0.15, 0.2) is 0 Å². The second-order valence-corrected chi connectivity index (χ2v) is 8.22. The summed E-state index contributed by atoms with van der Waals surface area (Å²) in [5, 5.41) is 13.7. The summed E-state index contributed by atoms with van der Waals surface area (Å²) < 4.78 is 5.26. The Bertz CT molecular complexity index is 590. The average molecular weight is 415 g/mol. The van der Waals surface area contributed by atoms with Gasteiger partial charge in [0.1, 0.15) is 18.2 Å². The second-order valence-electron chi connectivity index (χ2n) is 8.22. The number of nitrogens with zero attached hydrogens (tertiary/aromatic N) is 1. The molecule has 0 aromatic carbocycles. The molecule has 0 aromatic rings. The van der Waals surface area contributed by atoms with E-state index >= 15 is 0 Å². The molecule has 1 fully saturated rings. The fraction of sp³-hybridized carbons (Fsp3) is 0.789. The molecule has 3 amide bonds. The summed E-state index contributed by atoms with van der Waals surface area (Å²) in [6, 6.07) is -0.766. The number of nitrogens with two attached hydrogens (primary N) is 1. The molecule has 0 saturated carbocycles. The first-order valence-corrected chi connectivity index (χ1v) is 10.0. The minimum Gasteiger partial charge on any atom is -0.480 e. The van der Waals surface area contributed by atoms with Crippen LogP contribution in [0.1, 0.15) is 52.9 Å². The van der Waals surface area contributed by atoms with E-state index in [2.05, 4.69) is 10.6 Å². The number of carbonyl (C=O) groups excluding carboxylic acids is 3. The molecule has 2 atom stereocenters. The van der Waals surface area contributed by atoms with Crippen LogP contribution in [-0.2, 0) is 19.1 Å². The summed E-state index contributed by atoms with van der Waals surface area (Å²) in [5.74, 6) is -2.25. The normalized spacial score (nSPS) is 17.9. The first kappa shape index (κ1) is 24.7.